The molecule has 0 N–H and O–H groups in total. The van der Waals surface area contributed by atoms with Crippen molar-refractivity contribution >= 4 is 17.9 Å². The summed E-state index contributed by atoms with van der Waals surface area (Å²) < 4.78 is 5.66. The van der Waals surface area contributed by atoms with Gasteiger partial charge in [0.25, 0.3) is 5.91 Å². The minimum Gasteiger partial charge on any atom is -0.493 e. The van der Waals surface area contributed by atoms with Crippen LogP contribution in [0, 0.1) is 17.3 Å². The molecule has 0 atom stereocenters. The Morgan fingerprint density at radius 1 is 0.923 bits per heavy atom. The highest BCUT2D eigenvalue weighted by molar-refractivity contribution is 5.94. The van der Waals surface area contributed by atoms with Crippen LogP contribution in [0.4, 0.5) is 0 Å². The zero-order valence-corrected chi connectivity index (χ0v) is 22.3. The number of hydrogen-bond acceptors (Lipinski definition) is 4. The lowest BCUT2D eigenvalue weighted by Gasteiger charge is -2.39. The first-order valence-electron chi connectivity index (χ1n) is 13.6. The van der Waals surface area contributed by atoms with Gasteiger partial charge in [0.1, 0.15) is 5.75 Å². The highest BCUT2D eigenvalue weighted by Gasteiger charge is 2.42. The monoisotopic (exact) mass is 519 g/mol. The number of rotatable bonds is 5. The van der Waals surface area contributed by atoms with Crippen LogP contribution in [-0.2, 0) is 4.79 Å². The minimum absolute atomic E-state index is 0.00265. The van der Waals surface area contributed by atoms with Gasteiger partial charge in [-0.15, -0.1) is 0 Å². The number of aromatic nitrogens is 1. The van der Waals surface area contributed by atoms with Crippen LogP contribution in [-0.4, -0.2) is 59.4 Å². The zero-order chi connectivity index (χ0) is 27.1. The average Bonchev–Trinajstić information content (AvgIpc) is 3.39. The lowest BCUT2D eigenvalue weighted by molar-refractivity contribution is -0.128. The molecule has 2 aliphatic rings. The van der Waals surface area contributed by atoms with Crippen LogP contribution in [0.15, 0.2) is 79.1 Å². The van der Waals surface area contributed by atoms with Crippen molar-refractivity contribution < 1.29 is 14.3 Å². The van der Waals surface area contributed by atoms with Crippen LogP contribution in [0.25, 0.3) is 6.08 Å². The molecule has 0 unspecified atom stereocenters. The van der Waals surface area contributed by atoms with Crippen molar-refractivity contribution in [2.24, 2.45) is 5.41 Å². The van der Waals surface area contributed by atoms with Crippen molar-refractivity contribution in [1.29, 1.82) is 0 Å². The SMILES string of the molecule is CCOc1ccccc1C=CC(=O)N1CCC2(CC1)CCN(C(=O)c1cncc(C#Cc3ccccc3)c1)C2. The molecule has 0 bridgehead atoms. The van der Waals surface area contributed by atoms with E-state index < -0.39 is 0 Å². The number of pyridine rings is 1. The van der Waals surface area contributed by atoms with Crippen molar-refractivity contribution in [2.45, 2.75) is 26.2 Å². The molecule has 2 amide bonds. The van der Waals surface area contributed by atoms with Crippen molar-refractivity contribution in [1.82, 2.24) is 14.8 Å². The Morgan fingerprint density at radius 3 is 2.38 bits per heavy atom. The van der Waals surface area contributed by atoms with E-state index in [0.29, 0.717) is 31.8 Å². The largest absolute Gasteiger partial charge is 0.493 e. The highest BCUT2D eigenvalue weighted by Crippen LogP contribution is 2.41. The molecule has 5 rings (SSSR count). The summed E-state index contributed by atoms with van der Waals surface area (Å²) in [6, 6.07) is 19.3. The molecule has 2 aromatic carbocycles. The molecule has 0 radical (unpaired) electrons. The quantitative estimate of drug-likeness (QED) is 0.350. The second-order valence-electron chi connectivity index (χ2n) is 10.2. The molecule has 2 saturated heterocycles. The van der Waals surface area contributed by atoms with Crippen LogP contribution in [0.3, 0.4) is 0 Å². The molecule has 2 fully saturated rings. The van der Waals surface area contributed by atoms with E-state index in [1.807, 2.05) is 83.5 Å². The standard InChI is InChI=1S/C33H33N3O3/c1-2-39-30-11-7-6-10-28(30)14-15-31(37)35-19-16-33(17-20-35)18-21-36(25-33)32(38)29-22-27(23-34-24-29)13-12-26-8-4-3-5-9-26/h3-11,14-15,22-24H,2,16-21,25H2,1H3. The fourth-order valence-corrected chi connectivity index (χ4v) is 5.36. The number of para-hydroxylation sites is 1. The molecule has 0 saturated carbocycles. The molecule has 6 nitrogen and oxygen atoms in total. The van der Waals surface area contributed by atoms with E-state index in [1.54, 1.807) is 18.5 Å². The van der Waals surface area contributed by atoms with E-state index in [9.17, 15) is 9.59 Å². The smallest absolute Gasteiger partial charge is 0.255 e. The van der Waals surface area contributed by atoms with Gasteiger partial charge < -0.3 is 14.5 Å². The van der Waals surface area contributed by atoms with Gasteiger partial charge in [-0.05, 0) is 61.9 Å². The van der Waals surface area contributed by atoms with Crippen molar-refractivity contribution in [3.8, 4) is 17.6 Å². The highest BCUT2D eigenvalue weighted by atomic mass is 16.5. The van der Waals surface area contributed by atoms with E-state index >= 15 is 0 Å². The maximum atomic E-state index is 13.3. The molecule has 3 aromatic rings. The fourth-order valence-electron chi connectivity index (χ4n) is 5.36. The zero-order valence-electron chi connectivity index (χ0n) is 22.3. The van der Waals surface area contributed by atoms with Crippen LogP contribution in [0.1, 0.15) is 53.2 Å². The van der Waals surface area contributed by atoms with Gasteiger partial charge in [-0.1, -0.05) is 48.2 Å². The molecule has 2 aliphatic heterocycles. The normalized spacial score (nSPS) is 16.2. The number of carbonyl (C=O) groups excluding carboxylic acids is 2. The topological polar surface area (TPSA) is 62.7 Å². The number of likely N-dealkylation sites (tertiary alicyclic amines) is 2. The van der Waals surface area contributed by atoms with Crippen molar-refractivity contribution in [2.75, 3.05) is 32.8 Å². The molecular weight excluding hydrogens is 486 g/mol. The van der Waals surface area contributed by atoms with E-state index in [4.69, 9.17) is 4.74 Å². The van der Waals surface area contributed by atoms with Gasteiger partial charge in [0, 0.05) is 61.3 Å². The number of carbonyl (C=O) groups is 2. The molecule has 0 aliphatic carbocycles. The second kappa shape index (κ2) is 12.0. The van der Waals surface area contributed by atoms with E-state index in [2.05, 4.69) is 16.8 Å². The van der Waals surface area contributed by atoms with Crippen LogP contribution >= 0.6 is 0 Å². The van der Waals surface area contributed by atoms with Crippen LogP contribution < -0.4 is 4.74 Å². The summed E-state index contributed by atoms with van der Waals surface area (Å²) in [6.07, 6.45) is 9.53. The number of nitrogens with zero attached hydrogens (tertiary/aromatic N) is 3. The predicted molar refractivity (Wildman–Crippen MR) is 152 cm³/mol. The summed E-state index contributed by atoms with van der Waals surface area (Å²) in [6.45, 7) is 5.36. The summed E-state index contributed by atoms with van der Waals surface area (Å²) in [7, 11) is 0. The van der Waals surface area contributed by atoms with Gasteiger partial charge in [-0.3, -0.25) is 14.6 Å². The Kier molecular flexibility index (Phi) is 8.07. The Morgan fingerprint density at radius 2 is 1.62 bits per heavy atom. The average molecular weight is 520 g/mol. The maximum absolute atomic E-state index is 13.3. The van der Waals surface area contributed by atoms with Crippen molar-refractivity contribution in [3.63, 3.8) is 0 Å². The fraction of sp³-hybridized carbons (Fsp3) is 0.303. The third-order valence-corrected chi connectivity index (χ3v) is 7.60. The Bertz CT molecular complexity index is 1410. The number of ether oxygens (including phenoxy) is 1. The Balaban J connectivity index is 1.17. The van der Waals surface area contributed by atoms with E-state index in [0.717, 1.165) is 48.2 Å². The molecule has 1 aromatic heterocycles. The van der Waals surface area contributed by atoms with Gasteiger partial charge >= 0.3 is 0 Å². The summed E-state index contributed by atoms with van der Waals surface area (Å²) >= 11 is 0. The summed E-state index contributed by atoms with van der Waals surface area (Å²) in [4.78, 5) is 34.3. The molecule has 3 heterocycles. The number of piperidine rings is 1. The third kappa shape index (κ3) is 6.38. The molecule has 39 heavy (non-hydrogen) atoms. The van der Waals surface area contributed by atoms with Crippen LogP contribution in [0.2, 0.25) is 0 Å². The lowest BCUT2D eigenvalue weighted by atomic mass is 9.78. The third-order valence-electron chi connectivity index (χ3n) is 7.60. The maximum Gasteiger partial charge on any atom is 0.255 e. The van der Waals surface area contributed by atoms with Crippen molar-refractivity contribution in [3.05, 3.63) is 101 Å². The Hall–Kier alpha value is -4.37. The number of amides is 2. The predicted octanol–water partition coefficient (Wildman–Crippen LogP) is 5.05. The lowest BCUT2D eigenvalue weighted by Crippen LogP contribution is -2.44. The minimum atomic E-state index is -0.00265. The molecule has 6 heteroatoms. The first-order chi connectivity index (χ1) is 19.0. The first-order valence-corrected chi connectivity index (χ1v) is 13.6. The number of hydrogen-bond donors (Lipinski definition) is 0. The van der Waals surface area contributed by atoms with E-state index in [1.165, 1.54) is 0 Å². The molecular formula is C33H33N3O3. The summed E-state index contributed by atoms with van der Waals surface area (Å²) in [5.41, 5.74) is 3.18. The number of benzene rings is 2. The van der Waals surface area contributed by atoms with Gasteiger partial charge in [0.15, 0.2) is 0 Å². The van der Waals surface area contributed by atoms with Crippen LogP contribution in [0.5, 0.6) is 5.75 Å². The van der Waals surface area contributed by atoms with Gasteiger partial charge in [0.2, 0.25) is 5.91 Å². The Labute approximate surface area is 230 Å². The van der Waals surface area contributed by atoms with E-state index in [-0.39, 0.29) is 17.2 Å². The van der Waals surface area contributed by atoms with Gasteiger partial charge in [-0.25, -0.2) is 0 Å². The first kappa shape index (κ1) is 26.2. The summed E-state index contributed by atoms with van der Waals surface area (Å²) in [5.74, 6) is 7.03. The van der Waals surface area contributed by atoms with Gasteiger partial charge in [0.05, 0.1) is 12.2 Å². The molecule has 198 valence electrons. The van der Waals surface area contributed by atoms with Gasteiger partial charge in [-0.2, -0.15) is 0 Å². The summed E-state index contributed by atoms with van der Waals surface area (Å²) in [5, 5.41) is 0. The molecule has 1 spiro atoms. The second-order valence-corrected chi connectivity index (χ2v) is 10.2.